The molecule has 0 unspecified atom stereocenters. The van der Waals surface area contributed by atoms with Crippen LogP contribution in [0.4, 0.5) is 0 Å². The monoisotopic (exact) mass is 194 g/mol. The number of hydrogen-bond acceptors (Lipinski definition) is 4. The van der Waals surface area contributed by atoms with Gasteiger partial charge in [0.15, 0.2) is 0 Å². The Bertz CT molecular complexity index is 234. The van der Waals surface area contributed by atoms with Crippen molar-refractivity contribution >= 4 is 10.1 Å². The van der Waals surface area contributed by atoms with Crippen LogP contribution in [-0.2, 0) is 14.3 Å². The zero-order chi connectivity index (χ0) is 9.19. The number of hydrogen-bond donors (Lipinski definition) is 1. The van der Waals surface area contributed by atoms with E-state index in [1.165, 1.54) is 0 Å². The molecule has 0 spiro atoms. The highest BCUT2D eigenvalue weighted by Gasteiger charge is 2.26. The average molecular weight is 194 g/mol. The molecular formula is C7H14O4S. The van der Waals surface area contributed by atoms with Gasteiger partial charge in [-0.2, -0.15) is 8.42 Å². The molecule has 0 amide bonds. The Balaban J connectivity index is 2.50. The van der Waals surface area contributed by atoms with Crippen LogP contribution in [-0.4, -0.2) is 32.0 Å². The summed E-state index contributed by atoms with van der Waals surface area (Å²) < 4.78 is 26.1. The van der Waals surface area contributed by atoms with Crippen molar-refractivity contribution in [2.45, 2.75) is 37.9 Å². The van der Waals surface area contributed by atoms with Gasteiger partial charge < -0.3 is 5.11 Å². The second-order valence-electron chi connectivity index (χ2n) is 3.19. The molecule has 72 valence electrons. The summed E-state index contributed by atoms with van der Waals surface area (Å²) in [5, 5.41) is 9.34. The molecule has 2 atom stereocenters. The lowest BCUT2D eigenvalue weighted by Gasteiger charge is -2.26. The lowest BCUT2D eigenvalue weighted by Crippen LogP contribution is -2.33. The van der Waals surface area contributed by atoms with Crippen LogP contribution in [0.3, 0.4) is 0 Å². The maximum absolute atomic E-state index is 10.7. The van der Waals surface area contributed by atoms with Crippen LogP contribution in [0.1, 0.15) is 25.7 Å². The van der Waals surface area contributed by atoms with Gasteiger partial charge in [-0.15, -0.1) is 0 Å². The molecule has 1 N–H and O–H groups in total. The fourth-order valence-corrected chi connectivity index (χ4v) is 2.09. The van der Waals surface area contributed by atoms with Gasteiger partial charge >= 0.3 is 0 Å². The Labute approximate surface area is 72.7 Å². The fourth-order valence-electron chi connectivity index (χ4n) is 1.41. The fraction of sp³-hybridized carbons (Fsp3) is 1.00. The van der Waals surface area contributed by atoms with Crippen molar-refractivity contribution in [3.63, 3.8) is 0 Å². The van der Waals surface area contributed by atoms with Crippen molar-refractivity contribution in [2.24, 2.45) is 0 Å². The van der Waals surface area contributed by atoms with Gasteiger partial charge in [0.25, 0.3) is 10.1 Å². The van der Waals surface area contributed by atoms with E-state index in [1.807, 2.05) is 0 Å². The standard InChI is InChI=1S/C7H14O4S/c1-12(9,10)11-7-5-3-2-4-6(7)8/h6-8H,2-5H2,1H3/t6-,7+/m1/s1. The second kappa shape index (κ2) is 3.72. The van der Waals surface area contributed by atoms with Crippen LogP contribution in [0.15, 0.2) is 0 Å². The molecular weight excluding hydrogens is 180 g/mol. The third-order valence-electron chi connectivity index (χ3n) is 1.97. The topological polar surface area (TPSA) is 63.6 Å². The quantitative estimate of drug-likeness (QED) is 0.641. The zero-order valence-electron chi connectivity index (χ0n) is 7.06. The van der Waals surface area contributed by atoms with Gasteiger partial charge in [-0.1, -0.05) is 12.8 Å². The summed E-state index contributed by atoms with van der Waals surface area (Å²) in [5.74, 6) is 0. The Hall–Kier alpha value is -0.130. The van der Waals surface area contributed by atoms with E-state index < -0.39 is 22.3 Å². The molecule has 4 nitrogen and oxygen atoms in total. The molecule has 1 fully saturated rings. The first-order valence-electron chi connectivity index (χ1n) is 4.05. The summed E-state index contributed by atoms with van der Waals surface area (Å²) in [6.07, 6.45) is 3.02. The lowest BCUT2D eigenvalue weighted by atomic mass is 9.95. The van der Waals surface area contributed by atoms with E-state index in [4.69, 9.17) is 4.18 Å². The maximum atomic E-state index is 10.7. The average Bonchev–Trinajstić information content (AvgIpc) is 1.91. The van der Waals surface area contributed by atoms with E-state index in [2.05, 4.69) is 0 Å². The Morgan fingerprint density at radius 3 is 2.42 bits per heavy atom. The van der Waals surface area contributed by atoms with Crippen molar-refractivity contribution < 1.29 is 17.7 Å². The molecule has 0 saturated heterocycles. The molecule has 0 aliphatic heterocycles. The van der Waals surface area contributed by atoms with Gasteiger partial charge in [0.1, 0.15) is 6.10 Å². The molecule has 0 radical (unpaired) electrons. The van der Waals surface area contributed by atoms with Gasteiger partial charge in [0.2, 0.25) is 0 Å². The molecule has 0 bridgehead atoms. The van der Waals surface area contributed by atoms with Crippen LogP contribution in [0, 0.1) is 0 Å². The van der Waals surface area contributed by atoms with E-state index in [9.17, 15) is 13.5 Å². The molecule has 12 heavy (non-hydrogen) atoms. The summed E-state index contributed by atoms with van der Waals surface area (Å²) in [6, 6.07) is 0. The van der Waals surface area contributed by atoms with Crippen molar-refractivity contribution in [3.05, 3.63) is 0 Å². The van der Waals surface area contributed by atoms with E-state index in [0.717, 1.165) is 19.1 Å². The number of rotatable bonds is 2. The zero-order valence-corrected chi connectivity index (χ0v) is 7.88. The molecule has 0 aromatic heterocycles. The van der Waals surface area contributed by atoms with Gasteiger partial charge in [-0.25, -0.2) is 0 Å². The van der Waals surface area contributed by atoms with Crippen LogP contribution in [0.2, 0.25) is 0 Å². The molecule has 0 aromatic rings. The Kier molecular flexibility index (Phi) is 3.09. The van der Waals surface area contributed by atoms with Gasteiger partial charge in [0.05, 0.1) is 12.4 Å². The van der Waals surface area contributed by atoms with Crippen molar-refractivity contribution in [1.29, 1.82) is 0 Å². The molecule has 0 heterocycles. The van der Waals surface area contributed by atoms with Crippen molar-refractivity contribution in [2.75, 3.05) is 6.26 Å². The van der Waals surface area contributed by atoms with E-state index in [0.29, 0.717) is 12.8 Å². The molecule has 1 rings (SSSR count). The van der Waals surface area contributed by atoms with Crippen LogP contribution in [0.25, 0.3) is 0 Å². The summed E-state index contributed by atoms with van der Waals surface area (Å²) >= 11 is 0. The molecule has 1 aliphatic rings. The lowest BCUT2D eigenvalue weighted by molar-refractivity contribution is 0.0110. The van der Waals surface area contributed by atoms with Crippen molar-refractivity contribution in [3.8, 4) is 0 Å². The smallest absolute Gasteiger partial charge is 0.264 e. The normalized spacial score (nSPS) is 31.8. The highest BCUT2D eigenvalue weighted by atomic mass is 32.2. The highest BCUT2D eigenvalue weighted by molar-refractivity contribution is 7.86. The predicted octanol–water partition coefficient (Wildman–Crippen LogP) is 0.266. The largest absolute Gasteiger partial charge is 0.390 e. The molecule has 1 saturated carbocycles. The van der Waals surface area contributed by atoms with Gasteiger partial charge in [-0.05, 0) is 12.8 Å². The first-order valence-corrected chi connectivity index (χ1v) is 5.87. The van der Waals surface area contributed by atoms with Gasteiger partial charge in [0, 0.05) is 0 Å². The minimum Gasteiger partial charge on any atom is -0.390 e. The molecule has 5 heteroatoms. The first-order chi connectivity index (χ1) is 5.49. The summed E-state index contributed by atoms with van der Waals surface area (Å²) in [6.45, 7) is 0. The van der Waals surface area contributed by atoms with Crippen molar-refractivity contribution in [1.82, 2.24) is 0 Å². The van der Waals surface area contributed by atoms with Crippen LogP contribution >= 0.6 is 0 Å². The molecule has 0 aromatic carbocycles. The predicted molar refractivity (Wildman–Crippen MR) is 44.2 cm³/mol. The SMILES string of the molecule is CS(=O)(=O)O[C@H]1CCCC[C@H]1O. The molecule has 1 aliphatic carbocycles. The number of aliphatic hydroxyl groups is 1. The van der Waals surface area contributed by atoms with Crippen LogP contribution in [0.5, 0.6) is 0 Å². The highest BCUT2D eigenvalue weighted by Crippen LogP contribution is 2.22. The van der Waals surface area contributed by atoms with Gasteiger partial charge in [-0.3, -0.25) is 4.18 Å². The Morgan fingerprint density at radius 1 is 1.33 bits per heavy atom. The van der Waals surface area contributed by atoms with Crippen LogP contribution < -0.4 is 0 Å². The summed E-state index contributed by atoms with van der Waals surface area (Å²) in [4.78, 5) is 0. The minimum absolute atomic E-state index is 0.520. The third-order valence-corrected chi connectivity index (χ3v) is 2.56. The number of aliphatic hydroxyl groups excluding tert-OH is 1. The Morgan fingerprint density at radius 2 is 1.92 bits per heavy atom. The maximum Gasteiger partial charge on any atom is 0.264 e. The van der Waals surface area contributed by atoms with E-state index in [1.54, 1.807) is 0 Å². The third kappa shape index (κ3) is 3.08. The van der Waals surface area contributed by atoms with E-state index in [-0.39, 0.29) is 0 Å². The van der Waals surface area contributed by atoms with E-state index >= 15 is 0 Å². The summed E-state index contributed by atoms with van der Waals surface area (Å²) in [7, 11) is -3.42. The second-order valence-corrected chi connectivity index (χ2v) is 4.79. The minimum atomic E-state index is -3.42. The summed E-state index contributed by atoms with van der Waals surface area (Å²) in [5.41, 5.74) is 0. The first kappa shape index (κ1) is 9.95.